The molecular formula is C21H25BrClN3O3. The lowest BCUT2D eigenvalue weighted by atomic mass is 10.1. The van der Waals surface area contributed by atoms with Gasteiger partial charge in [-0.3, -0.25) is 9.69 Å². The van der Waals surface area contributed by atoms with Gasteiger partial charge in [-0.2, -0.15) is 0 Å². The van der Waals surface area contributed by atoms with Crippen molar-refractivity contribution in [2.45, 2.75) is 19.6 Å². The Morgan fingerprint density at radius 3 is 2.86 bits per heavy atom. The summed E-state index contributed by atoms with van der Waals surface area (Å²) in [6.45, 7) is 5.78. The molecule has 1 aliphatic rings. The quantitative estimate of drug-likeness (QED) is 0.588. The third kappa shape index (κ3) is 6.09. The molecule has 3 N–H and O–H groups in total. The number of carbonyl (C=O) groups excluding carboxylic acids is 1. The molecule has 1 saturated heterocycles. The van der Waals surface area contributed by atoms with Crippen LogP contribution in [0.2, 0.25) is 5.02 Å². The fourth-order valence-corrected chi connectivity index (χ4v) is 3.65. The molecule has 1 fully saturated rings. The van der Waals surface area contributed by atoms with Crippen molar-refractivity contribution in [2.24, 2.45) is 0 Å². The van der Waals surface area contributed by atoms with Gasteiger partial charge in [0.2, 0.25) is 0 Å². The van der Waals surface area contributed by atoms with Gasteiger partial charge in [0.15, 0.2) is 0 Å². The number of halogens is 2. The number of benzene rings is 2. The maximum Gasteiger partial charge on any atom is 0.255 e. The zero-order valence-corrected chi connectivity index (χ0v) is 18.6. The summed E-state index contributed by atoms with van der Waals surface area (Å²) in [6, 6.07) is 11.4. The molecule has 0 spiro atoms. The highest BCUT2D eigenvalue weighted by Crippen LogP contribution is 2.29. The van der Waals surface area contributed by atoms with Crippen LogP contribution in [0.1, 0.15) is 22.8 Å². The van der Waals surface area contributed by atoms with Crippen LogP contribution in [0.3, 0.4) is 0 Å². The summed E-state index contributed by atoms with van der Waals surface area (Å²) in [7, 11) is 0. The first-order valence-corrected chi connectivity index (χ1v) is 10.7. The van der Waals surface area contributed by atoms with Crippen LogP contribution in [0.4, 0.5) is 5.69 Å². The number of rotatable bonds is 7. The number of ether oxygens (including phenoxy) is 2. The molecule has 0 aromatic heterocycles. The highest BCUT2D eigenvalue weighted by atomic mass is 79.9. The average molecular weight is 483 g/mol. The molecular weight excluding hydrogens is 458 g/mol. The molecule has 1 atom stereocenters. The second-order valence-corrected chi connectivity index (χ2v) is 8.19. The monoisotopic (exact) mass is 481 g/mol. The van der Waals surface area contributed by atoms with Crippen LogP contribution >= 0.6 is 27.5 Å². The van der Waals surface area contributed by atoms with Crippen LogP contribution in [0, 0.1) is 0 Å². The minimum atomic E-state index is -0.260. The van der Waals surface area contributed by atoms with E-state index < -0.39 is 0 Å². The van der Waals surface area contributed by atoms with Crippen molar-refractivity contribution in [1.29, 1.82) is 0 Å². The number of nitrogens with zero attached hydrogens (tertiary/aromatic N) is 1. The van der Waals surface area contributed by atoms with Gasteiger partial charge in [0.1, 0.15) is 5.75 Å². The number of nitrogens with two attached hydrogens (primary N) is 1. The predicted octanol–water partition coefficient (Wildman–Crippen LogP) is 3.71. The Kier molecular flexibility index (Phi) is 7.77. The Labute approximate surface area is 184 Å². The van der Waals surface area contributed by atoms with Crippen molar-refractivity contribution in [3.05, 3.63) is 57.0 Å². The Bertz CT molecular complexity index is 848. The number of hydrogen-bond donors (Lipinski definition) is 2. The molecule has 8 heteroatoms. The van der Waals surface area contributed by atoms with Crippen LogP contribution in [-0.2, 0) is 11.3 Å². The average Bonchev–Trinajstić information content (AvgIpc) is 2.71. The van der Waals surface area contributed by atoms with Crippen LogP contribution in [0.25, 0.3) is 0 Å². The summed E-state index contributed by atoms with van der Waals surface area (Å²) in [5.41, 5.74) is 7.82. The molecule has 0 saturated carbocycles. The number of carbonyl (C=O) groups is 1. The van der Waals surface area contributed by atoms with Crippen molar-refractivity contribution >= 4 is 39.1 Å². The SMILES string of the molecule is CCOc1cc(N)c(Cl)cc1C(=O)NCC1CN(Cc2ccc(Br)cc2)CCO1. The zero-order valence-electron chi connectivity index (χ0n) is 16.3. The van der Waals surface area contributed by atoms with Crippen molar-refractivity contribution in [3.63, 3.8) is 0 Å². The fraction of sp³-hybridized carbons (Fsp3) is 0.381. The largest absolute Gasteiger partial charge is 0.493 e. The van der Waals surface area contributed by atoms with E-state index in [9.17, 15) is 4.79 Å². The van der Waals surface area contributed by atoms with Gasteiger partial charge >= 0.3 is 0 Å². The number of anilines is 1. The molecule has 6 nitrogen and oxygen atoms in total. The van der Waals surface area contributed by atoms with E-state index >= 15 is 0 Å². The van der Waals surface area contributed by atoms with E-state index in [4.69, 9.17) is 26.8 Å². The Morgan fingerprint density at radius 2 is 2.14 bits per heavy atom. The summed E-state index contributed by atoms with van der Waals surface area (Å²) in [5, 5.41) is 3.26. The number of nitrogens with one attached hydrogen (secondary N) is 1. The van der Waals surface area contributed by atoms with Crippen LogP contribution in [0.5, 0.6) is 5.75 Å². The molecule has 156 valence electrons. The predicted molar refractivity (Wildman–Crippen MR) is 119 cm³/mol. The minimum absolute atomic E-state index is 0.0806. The first-order chi connectivity index (χ1) is 14.0. The second kappa shape index (κ2) is 10.3. The smallest absolute Gasteiger partial charge is 0.255 e. The lowest BCUT2D eigenvalue weighted by Gasteiger charge is -2.33. The van der Waals surface area contributed by atoms with Crippen molar-refractivity contribution in [2.75, 3.05) is 38.6 Å². The third-order valence-electron chi connectivity index (χ3n) is 4.68. The summed E-state index contributed by atoms with van der Waals surface area (Å²) in [5.74, 6) is 0.164. The number of nitrogen functional groups attached to an aromatic ring is 1. The Hall–Kier alpha value is -1.80. The molecule has 2 aromatic rings. The summed E-state index contributed by atoms with van der Waals surface area (Å²) >= 11 is 9.55. The van der Waals surface area contributed by atoms with Gasteiger partial charge in [-0.25, -0.2) is 0 Å². The number of amides is 1. The fourth-order valence-electron chi connectivity index (χ4n) is 3.22. The van der Waals surface area contributed by atoms with Gasteiger partial charge in [0.25, 0.3) is 5.91 Å². The molecule has 3 rings (SSSR count). The topological polar surface area (TPSA) is 76.8 Å². The first kappa shape index (κ1) is 21.9. The van der Waals surface area contributed by atoms with E-state index in [0.29, 0.717) is 41.8 Å². The summed E-state index contributed by atoms with van der Waals surface area (Å²) in [4.78, 5) is 15.0. The lowest BCUT2D eigenvalue weighted by Crippen LogP contribution is -2.47. The van der Waals surface area contributed by atoms with E-state index in [1.165, 1.54) is 5.56 Å². The molecule has 1 heterocycles. The van der Waals surface area contributed by atoms with E-state index in [2.05, 4.69) is 38.3 Å². The van der Waals surface area contributed by atoms with Crippen LogP contribution in [-0.4, -0.2) is 49.8 Å². The lowest BCUT2D eigenvalue weighted by molar-refractivity contribution is -0.0292. The van der Waals surface area contributed by atoms with E-state index in [1.807, 2.05) is 19.1 Å². The van der Waals surface area contributed by atoms with Crippen molar-refractivity contribution in [1.82, 2.24) is 10.2 Å². The molecule has 1 amide bonds. The minimum Gasteiger partial charge on any atom is -0.493 e. The first-order valence-electron chi connectivity index (χ1n) is 9.54. The van der Waals surface area contributed by atoms with E-state index in [1.54, 1.807) is 12.1 Å². The highest BCUT2D eigenvalue weighted by Gasteiger charge is 2.22. The molecule has 1 unspecified atom stereocenters. The van der Waals surface area contributed by atoms with Crippen LogP contribution in [0.15, 0.2) is 40.9 Å². The molecule has 29 heavy (non-hydrogen) atoms. The summed E-state index contributed by atoms with van der Waals surface area (Å²) < 4.78 is 12.4. The standard InChI is InChI=1S/C21H25BrClN3O3/c1-2-28-20-10-19(24)18(23)9-17(20)21(27)25-11-16-13-26(7-8-29-16)12-14-3-5-15(22)6-4-14/h3-6,9-10,16H,2,7-8,11-13,24H2,1H3,(H,25,27). The van der Waals surface area contributed by atoms with Crippen molar-refractivity contribution < 1.29 is 14.3 Å². The molecule has 0 radical (unpaired) electrons. The van der Waals surface area contributed by atoms with Gasteiger partial charge in [-0.15, -0.1) is 0 Å². The van der Waals surface area contributed by atoms with Crippen LogP contribution < -0.4 is 15.8 Å². The van der Waals surface area contributed by atoms with Gasteiger partial charge in [0.05, 0.1) is 35.6 Å². The maximum atomic E-state index is 12.7. The van der Waals surface area contributed by atoms with E-state index in [0.717, 1.165) is 24.1 Å². The van der Waals surface area contributed by atoms with Crippen molar-refractivity contribution in [3.8, 4) is 5.75 Å². The Balaban J connectivity index is 1.57. The van der Waals surface area contributed by atoms with Gasteiger partial charge < -0.3 is 20.5 Å². The molecule has 0 bridgehead atoms. The second-order valence-electron chi connectivity index (χ2n) is 6.87. The number of morpholine rings is 1. The molecule has 2 aromatic carbocycles. The molecule has 1 aliphatic heterocycles. The van der Waals surface area contributed by atoms with Gasteiger partial charge in [-0.05, 0) is 30.7 Å². The van der Waals surface area contributed by atoms with E-state index in [-0.39, 0.29) is 12.0 Å². The zero-order chi connectivity index (χ0) is 20.8. The van der Waals surface area contributed by atoms with Gasteiger partial charge in [0, 0.05) is 36.7 Å². The highest BCUT2D eigenvalue weighted by molar-refractivity contribution is 9.10. The third-order valence-corrected chi connectivity index (χ3v) is 5.53. The number of hydrogen-bond acceptors (Lipinski definition) is 5. The molecule has 0 aliphatic carbocycles. The van der Waals surface area contributed by atoms with Gasteiger partial charge in [-0.1, -0.05) is 39.7 Å². The normalized spacial score (nSPS) is 17.1. The maximum absolute atomic E-state index is 12.7. The summed E-state index contributed by atoms with van der Waals surface area (Å²) in [6.07, 6.45) is -0.0806. The Morgan fingerprint density at radius 1 is 1.38 bits per heavy atom.